The van der Waals surface area contributed by atoms with Crippen molar-refractivity contribution in [3.05, 3.63) is 0 Å². The van der Waals surface area contributed by atoms with Gasteiger partial charge in [0, 0.05) is 25.7 Å². The molecule has 16 heavy (non-hydrogen) atoms. The number of piperidine rings is 1. The number of fused-ring (bicyclic) bond motifs is 1. The summed E-state index contributed by atoms with van der Waals surface area (Å²) < 4.78 is 27.7. The van der Waals surface area contributed by atoms with E-state index in [2.05, 4.69) is 10.0 Å². The van der Waals surface area contributed by atoms with Gasteiger partial charge in [-0.1, -0.05) is 6.92 Å². The first-order chi connectivity index (χ1) is 7.13. The zero-order chi connectivity index (χ0) is 10.9. The Kier molecular flexibility index (Phi) is 5.00. The van der Waals surface area contributed by atoms with Gasteiger partial charge < -0.3 is 5.32 Å². The topological polar surface area (TPSA) is 61.4 Å². The molecular weight excluding hydrogens is 250 g/mol. The molecule has 0 aliphatic carbocycles. The fourth-order valence-electron chi connectivity index (χ4n) is 2.51. The van der Waals surface area contributed by atoms with Crippen molar-refractivity contribution in [1.82, 2.24) is 14.3 Å². The van der Waals surface area contributed by atoms with Gasteiger partial charge in [0.05, 0.1) is 0 Å². The first-order valence-electron chi connectivity index (χ1n) is 5.61. The SMILES string of the molecule is CCNS(=O)(=O)N1CCC2NCCC2C1.Cl. The average molecular weight is 270 g/mol. The maximum atomic E-state index is 11.8. The molecule has 0 amide bonds. The van der Waals surface area contributed by atoms with Gasteiger partial charge in [0.25, 0.3) is 10.2 Å². The quantitative estimate of drug-likeness (QED) is 0.755. The van der Waals surface area contributed by atoms with E-state index in [1.54, 1.807) is 11.2 Å². The van der Waals surface area contributed by atoms with Crippen LogP contribution in [0.5, 0.6) is 0 Å². The summed E-state index contributed by atoms with van der Waals surface area (Å²) in [6.07, 6.45) is 2.04. The lowest BCUT2D eigenvalue weighted by atomic mass is 9.95. The van der Waals surface area contributed by atoms with Gasteiger partial charge in [-0.15, -0.1) is 12.4 Å². The van der Waals surface area contributed by atoms with E-state index < -0.39 is 10.2 Å². The van der Waals surface area contributed by atoms with Crippen LogP contribution in [0.3, 0.4) is 0 Å². The molecule has 2 aliphatic rings. The van der Waals surface area contributed by atoms with Gasteiger partial charge in [-0.05, 0) is 25.3 Å². The molecule has 2 N–H and O–H groups in total. The van der Waals surface area contributed by atoms with Crippen molar-refractivity contribution in [2.45, 2.75) is 25.8 Å². The Hall–Kier alpha value is 0.120. The molecule has 0 radical (unpaired) electrons. The number of hydrogen-bond acceptors (Lipinski definition) is 3. The molecule has 2 atom stereocenters. The third-order valence-corrected chi connectivity index (χ3v) is 4.95. The van der Waals surface area contributed by atoms with E-state index >= 15 is 0 Å². The van der Waals surface area contributed by atoms with Gasteiger partial charge in [0.2, 0.25) is 0 Å². The smallest absolute Gasteiger partial charge is 0.279 e. The molecule has 0 aromatic heterocycles. The Bertz CT molecular complexity index is 323. The van der Waals surface area contributed by atoms with E-state index in [4.69, 9.17) is 0 Å². The van der Waals surface area contributed by atoms with Crippen molar-refractivity contribution in [2.75, 3.05) is 26.2 Å². The van der Waals surface area contributed by atoms with Gasteiger partial charge in [-0.3, -0.25) is 0 Å². The van der Waals surface area contributed by atoms with Crippen LogP contribution in [0.4, 0.5) is 0 Å². The van der Waals surface area contributed by atoms with Crippen molar-refractivity contribution in [3.63, 3.8) is 0 Å². The van der Waals surface area contributed by atoms with Crippen LogP contribution in [0.2, 0.25) is 0 Å². The highest BCUT2D eigenvalue weighted by atomic mass is 35.5. The third-order valence-electron chi connectivity index (χ3n) is 3.28. The van der Waals surface area contributed by atoms with Crippen molar-refractivity contribution in [2.24, 2.45) is 5.92 Å². The van der Waals surface area contributed by atoms with E-state index in [0.717, 1.165) is 19.4 Å². The third kappa shape index (κ3) is 2.87. The Morgan fingerprint density at radius 1 is 1.44 bits per heavy atom. The molecule has 2 saturated heterocycles. The summed E-state index contributed by atoms with van der Waals surface area (Å²) >= 11 is 0. The fourth-order valence-corrected chi connectivity index (χ4v) is 3.79. The Balaban J connectivity index is 0.00000128. The van der Waals surface area contributed by atoms with Crippen molar-refractivity contribution in [1.29, 1.82) is 0 Å². The van der Waals surface area contributed by atoms with E-state index in [1.165, 1.54) is 0 Å². The number of nitrogens with zero attached hydrogens (tertiary/aromatic N) is 1. The normalized spacial score (nSPS) is 30.8. The highest BCUT2D eigenvalue weighted by molar-refractivity contribution is 7.87. The highest BCUT2D eigenvalue weighted by Gasteiger charge is 2.36. The first-order valence-corrected chi connectivity index (χ1v) is 7.05. The second-order valence-corrected chi connectivity index (χ2v) is 6.01. The molecule has 0 aromatic rings. The number of halogens is 1. The van der Waals surface area contributed by atoms with Crippen LogP contribution in [-0.2, 0) is 10.2 Å². The van der Waals surface area contributed by atoms with E-state index in [0.29, 0.717) is 31.6 Å². The average Bonchev–Trinajstić information content (AvgIpc) is 2.63. The lowest BCUT2D eigenvalue weighted by Gasteiger charge is -2.33. The van der Waals surface area contributed by atoms with E-state index in [9.17, 15) is 8.42 Å². The van der Waals surface area contributed by atoms with Crippen LogP contribution in [0.1, 0.15) is 19.8 Å². The summed E-state index contributed by atoms with van der Waals surface area (Å²) in [5, 5.41) is 3.42. The van der Waals surface area contributed by atoms with Gasteiger partial charge >= 0.3 is 0 Å². The molecule has 2 heterocycles. The van der Waals surface area contributed by atoms with Gasteiger partial charge in [0.15, 0.2) is 0 Å². The summed E-state index contributed by atoms with van der Waals surface area (Å²) in [5.41, 5.74) is 0. The van der Waals surface area contributed by atoms with Crippen molar-refractivity contribution in [3.8, 4) is 0 Å². The Morgan fingerprint density at radius 3 is 2.88 bits per heavy atom. The number of rotatable bonds is 3. The Morgan fingerprint density at radius 2 is 2.19 bits per heavy atom. The molecule has 0 aromatic carbocycles. The zero-order valence-electron chi connectivity index (χ0n) is 9.48. The molecule has 2 rings (SSSR count). The minimum absolute atomic E-state index is 0. The molecule has 96 valence electrons. The van der Waals surface area contributed by atoms with Gasteiger partial charge in [-0.2, -0.15) is 12.7 Å². The lowest BCUT2D eigenvalue weighted by molar-refractivity contribution is 0.245. The predicted molar refractivity (Wildman–Crippen MR) is 65.9 cm³/mol. The van der Waals surface area contributed by atoms with E-state index in [1.807, 2.05) is 0 Å². The van der Waals surface area contributed by atoms with Crippen LogP contribution in [-0.4, -0.2) is 44.9 Å². The maximum absolute atomic E-state index is 11.8. The summed E-state index contributed by atoms with van der Waals surface area (Å²) in [7, 11) is -3.22. The summed E-state index contributed by atoms with van der Waals surface area (Å²) in [6, 6.07) is 0.540. The number of hydrogen-bond donors (Lipinski definition) is 2. The summed E-state index contributed by atoms with van der Waals surface area (Å²) in [6.45, 7) is 4.62. The van der Waals surface area contributed by atoms with Crippen LogP contribution in [0, 0.1) is 5.92 Å². The molecule has 2 fully saturated rings. The van der Waals surface area contributed by atoms with Crippen LogP contribution in [0.25, 0.3) is 0 Å². The van der Waals surface area contributed by atoms with Crippen LogP contribution in [0.15, 0.2) is 0 Å². The van der Waals surface area contributed by atoms with Crippen molar-refractivity contribution >= 4 is 22.6 Å². The van der Waals surface area contributed by atoms with E-state index in [-0.39, 0.29) is 12.4 Å². The summed E-state index contributed by atoms with van der Waals surface area (Å²) in [5.74, 6) is 0.507. The highest BCUT2D eigenvalue weighted by Crippen LogP contribution is 2.25. The lowest BCUT2D eigenvalue weighted by Crippen LogP contribution is -2.50. The van der Waals surface area contributed by atoms with Crippen molar-refractivity contribution < 1.29 is 8.42 Å². The first kappa shape index (κ1) is 14.2. The molecule has 2 aliphatic heterocycles. The monoisotopic (exact) mass is 269 g/mol. The molecule has 7 heteroatoms. The van der Waals surface area contributed by atoms with Crippen LogP contribution < -0.4 is 10.0 Å². The molecule has 0 spiro atoms. The zero-order valence-corrected chi connectivity index (χ0v) is 11.1. The second-order valence-electron chi connectivity index (χ2n) is 4.26. The van der Waals surface area contributed by atoms with Gasteiger partial charge in [-0.25, -0.2) is 4.72 Å². The molecule has 0 saturated carbocycles. The standard InChI is InChI=1S/C9H19N3O2S.ClH/c1-2-11-15(13,14)12-6-4-9-8(7-12)3-5-10-9;/h8-11H,2-7H2,1H3;1H. The molecule has 0 bridgehead atoms. The summed E-state index contributed by atoms with van der Waals surface area (Å²) in [4.78, 5) is 0. The second kappa shape index (κ2) is 5.64. The largest absolute Gasteiger partial charge is 0.314 e. The minimum atomic E-state index is -3.22. The predicted octanol–water partition coefficient (Wildman–Crippen LogP) is -0.0537. The maximum Gasteiger partial charge on any atom is 0.279 e. The number of nitrogens with one attached hydrogen (secondary N) is 2. The Labute approximate surface area is 104 Å². The molecular formula is C9H20ClN3O2S. The fraction of sp³-hybridized carbons (Fsp3) is 1.00. The minimum Gasteiger partial charge on any atom is -0.314 e. The van der Waals surface area contributed by atoms with Crippen LogP contribution >= 0.6 is 12.4 Å². The van der Waals surface area contributed by atoms with Gasteiger partial charge in [0.1, 0.15) is 0 Å². The molecule has 2 unspecified atom stereocenters. The molecule has 5 nitrogen and oxygen atoms in total.